The summed E-state index contributed by atoms with van der Waals surface area (Å²) in [6.45, 7) is 2.03. The zero-order chi connectivity index (χ0) is 15.6. The highest BCUT2D eigenvalue weighted by atomic mass is 35.5. The first kappa shape index (κ1) is 15.8. The Bertz CT molecular complexity index is 688. The Morgan fingerprint density at radius 1 is 1.24 bits per heavy atom. The predicted octanol–water partition coefficient (Wildman–Crippen LogP) is 4.71. The smallest absolute Gasteiger partial charge is 0.254 e. The van der Waals surface area contributed by atoms with E-state index in [1.54, 1.807) is 26.1 Å². The number of carbonyl (C=O) groups excluding carboxylic acids is 1. The number of nitrogens with zero attached hydrogens (tertiary/aromatic N) is 1. The van der Waals surface area contributed by atoms with Gasteiger partial charge in [0, 0.05) is 19.2 Å². The van der Waals surface area contributed by atoms with Gasteiger partial charge in [-0.05, 0) is 42.3 Å². The number of aryl methyl sites for hydroxylation is 1. The van der Waals surface area contributed by atoms with Gasteiger partial charge in [0.25, 0.3) is 5.91 Å². The van der Waals surface area contributed by atoms with Gasteiger partial charge in [-0.25, -0.2) is 4.39 Å². The maximum absolute atomic E-state index is 13.1. The van der Waals surface area contributed by atoms with Crippen molar-refractivity contribution >= 4 is 29.1 Å². The van der Waals surface area contributed by atoms with Crippen molar-refractivity contribution in [3.8, 4) is 0 Å². The Morgan fingerprint density at radius 3 is 2.62 bits per heavy atom. The lowest BCUT2D eigenvalue weighted by Crippen LogP contribution is -2.27. The van der Waals surface area contributed by atoms with Gasteiger partial charge in [-0.2, -0.15) is 0 Å². The predicted molar refractivity (Wildman–Crippen MR) is 83.4 cm³/mol. The molecule has 0 aliphatic heterocycles. The largest absolute Gasteiger partial charge is 0.337 e. The molecule has 0 bridgehead atoms. The van der Waals surface area contributed by atoms with Gasteiger partial charge < -0.3 is 4.90 Å². The van der Waals surface area contributed by atoms with Crippen LogP contribution in [0.1, 0.15) is 21.5 Å². The molecule has 5 heteroatoms. The summed E-state index contributed by atoms with van der Waals surface area (Å²) in [5.74, 6) is -0.548. The Morgan fingerprint density at radius 2 is 1.95 bits per heavy atom. The molecule has 2 aromatic carbocycles. The fourth-order valence-electron chi connectivity index (χ4n) is 2.07. The van der Waals surface area contributed by atoms with Crippen LogP contribution in [0.15, 0.2) is 36.4 Å². The molecule has 0 fully saturated rings. The lowest BCUT2D eigenvalue weighted by molar-refractivity contribution is 0.0784. The Labute approximate surface area is 133 Å². The van der Waals surface area contributed by atoms with Crippen LogP contribution in [0.5, 0.6) is 0 Å². The van der Waals surface area contributed by atoms with Crippen LogP contribution in [-0.4, -0.2) is 17.9 Å². The summed E-state index contributed by atoms with van der Waals surface area (Å²) in [4.78, 5) is 13.9. The minimum absolute atomic E-state index is 0.191. The maximum atomic E-state index is 13.1. The molecule has 0 heterocycles. The third kappa shape index (κ3) is 3.55. The second kappa shape index (κ2) is 6.46. The highest BCUT2D eigenvalue weighted by molar-refractivity contribution is 6.42. The fraction of sp³-hybridized carbons (Fsp3) is 0.188. The molecule has 0 spiro atoms. The average Bonchev–Trinajstić information content (AvgIpc) is 2.43. The quantitative estimate of drug-likeness (QED) is 0.800. The lowest BCUT2D eigenvalue weighted by atomic mass is 10.1. The van der Waals surface area contributed by atoms with E-state index in [-0.39, 0.29) is 11.7 Å². The minimum Gasteiger partial charge on any atom is -0.337 e. The van der Waals surface area contributed by atoms with Gasteiger partial charge in [-0.3, -0.25) is 4.79 Å². The van der Waals surface area contributed by atoms with Crippen molar-refractivity contribution < 1.29 is 9.18 Å². The van der Waals surface area contributed by atoms with Gasteiger partial charge in [0.15, 0.2) is 0 Å². The molecule has 2 nitrogen and oxygen atoms in total. The molecular weight excluding hydrogens is 312 g/mol. The first-order valence-corrected chi connectivity index (χ1v) is 7.10. The van der Waals surface area contributed by atoms with Gasteiger partial charge in [0.1, 0.15) is 5.82 Å². The monoisotopic (exact) mass is 325 g/mol. The Hall–Kier alpha value is -1.58. The van der Waals surface area contributed by atoms with Gasteiger partial charge >= 0.3 is 0 Å². The van der Waals surface area contributed by atoms with E-state index >= 15 is 0 Å². The summed E-state index contributed by atoms with van der Waals surface area (Å²) in [5.41, 5.74) is 1.83. The minimum atomic E-state index is -0.357. The fourth-order valence-corrected chi connectivity index (χ4v) is 2.45. The van der Waals surface area contributed by atoms with Crippen LogP contribution in [-0.2, 0) is 6.54 Å². The summed E-state index contributed by atoms with van der Waals surface area (Å²) in [5, 5.41) is 0.891. The Balaban J connectivity index is 2.21. The molecule has 21 heavy (non-hydrogen) atoms. The molecule has 0 N–H and O–H groups in total. The van der Waals surface area contributed by atoms with Crippen molar-refractivity contribution in [1.82, 2.24) is 4.90 Å². The number of amides is 1. The molecule has 0 radical (unpaired) electrons. The van der Waals surface area contributed by atoms with Crippen LogP contribution in [0.2, 0.25) is 10.0 Å². The summed E-state index contributed by atoms with van der Waals surface area (Å²) in [6.07, 6.45) is 0. The second-order valence-corrected chi connectivity index (χ2v) is 5.62. The van der Waals surface area contributed by atoms with E-state index in [9.17, 15) is 9.18 Å². The molecule has 1 amide bonds. The number of benzene rings is 2. The highest BCUT2D eigenvalue weighted by Gasteiger charge is 2.16. The molecule has 2 aromatic rings. The van der Waals surface area contributed by atoms with Crippen LogP contribution in [0.25, 0.3) is 0 Å². The van der Waals surface area contributed by atoms with E-state index in [0.717, 1.165) is 5.56 Å². The van der Waals surface area contributed by atoms with Crippen LogP contribution in [0, 0.1) is 12.7 Å². The standard InChI is InChI=1S/C16H14Cl2FNO/c1-10-8-12(19)6-7-13(10)16(21)20(2)9-11-4-3-5-14(17)15(11)18/h3-8H,9H2,1-2H3. The molecule has 0 atom stereocenters. The van der Waals surface area contributed by atoms with Gasteiger partial charge in [0.2, 0.25) is 0 Å². The summed E-state index contributed by atoms with van der Waals surface area (Å²) in [7, 11) is 1.67. The molecule has 0 aliphatic carbocycles. The zero-order valence-corrected chi connectivity index (χ0v) is 13.2. The van der Waals surface area contributed by atoms with Crippen molar-refractivity contribution in [2.75, 3.05) is 7.05 Å². The molecule has 0 saturated carbocycles. The summed E-state index contributed by atoms with van der Waals surface area (Å²) < 4.78 is 13.1. The van der Waals surface area contributed by atoms with E-state index in [2.05, 4.69) is 0 Å². The van der Waals surface area contributed by atoms with Crippen molar-refractivity contribution in [3.05, 3.63) is 69.0 Å². The molecular formula is C16H14Cl2FNO. The first-order chi connectivity index (χ1) is 9.90. The third-order valence-electron chi connectivity index (χ3n) is 3.20. The Kier molecular flexibility index (Phi) is 4.86. The number of hydrogen-bond acceptors (Lipinski definition) is 1. The summed E-state index contributed by atoms with van der Waals surface area (Å²) >= 11 is 12.1. The van der Waals surface area contributed by atoms with Crippen LogP contribution in [0.4, 0.5) is 4.39 Å². The van der Waals surface area contributed by atoms with Gasteiger partial charge in [-0.15, -0.1) is 0 Å². The van der Waals surface area contributed by atoms with E-state index in [1.165, 1.54) is 23.1 Å². The van der Waals surface area contributed by atoms with Crippen molar-refractivity contribution in [3.63, 3.8) is 0 Å². The van der Waals surface area contributed by atoms with Crippen molar-refractivity contribution in [1.29, 1.82) is 0 Å². The molecule has 0 unspecified atom stereocenters. The number of hydrogen-bond donors (Lipinski definition) is 0. The second-order valence-electron chi connectivity index (χ2n) is 4.83. The topological polar surface area (TPSA) is 20.3 Å². The van der Waals surface area contributed by atoms with E-state index < -0.39 is 0 Å². The highest BCUT2D eigenvalue weighted by Crippen LogP contribution is 2.26. The van der Waals surface area contributed by atoms with E-state index in [4.69, 9.17) is 23.2 Å². The number of carbonyl (C=O) groups is 1. The van der Waals surface area contributed by atoms with Crippen LogP contribution >= 0.6 is 23.2 Å². The van der Waals surface area contributed by atoms with E-state index in [0.29, 0.717) is 27.7 Å². The SMILES string of the molecule is Cc1cc(F)ccc1C(=O)N(C)Cc1cccc(Cl)c1Cl. The van der Waals surface area contributed by atoms with Gasteiger partial charge in [0.05, 0.1) is 10.0 Å². The first-order valence-electron chi connectivity index (χ1n) is 6.34. The zero-order valence-electron chi connectivity index (χ0n) is 11.7. The molecule has 0 aromatic heterocycles. The maximum Gasteiger partial charge on any atom is 0.254 e. The van der Waals surface area contributed by atoms with Crippen molar-refractivity contribution in [2.45, 2.75) is 13.5 Å². The molecule has 0 saturated heterocycles. The lowest BCUT2D eigenvalue weighted by Gasteiger charge is -2.19. The van der Waals surface area contributed by atoms with Gasteiger partial charge in [-0.1, -0.05) is 35.3 Å². The average molecular weight is 326 g/mol. The summed E-state index contributed by atoms with van der Waals surface area (Å²) in [6, 6.07) is 9.40. The normalized spacial score (nSPS) is 10.5. The molecule has 110 valence electrons. The van der Waals surface area contributed by atoms with Crippen LogP contribution < -0.4 is 0 Å². The third-order valence-corrected chi connectivity index (χ3v) is 4.06. The number of rotatable bonds is 3. The van der Waals surface area contributed by atoms with E-state index in [1.807, 2.05) is 6.07 Å². The molecule has 0 aliphatic rings. The number of halogens is 3. The van der Waals surface area contributed by atoms with Crippen molar-refractivity contribution in [2.24, 2.45) is 0 Å². The molecule has 2 rings (SSSR count). The van der Waals surface area contributed by atoms with Crippen LogP contribution in [0.3, 0.4) is 0 Å².